The van der Waals surface area contributed by atoms with Gasteiger partial charge in [-0.3, -0.25) is 4.90 Å². The minimum Gasteiger partial charge on any atom is -0.473 e. The summed E-state index contributed by atoms with van der Waals surface area (Å²) in [7, 11) is 0. The number of ether oxygens (including phenoxy) is 1. The van der Waals surface area contributed by atoms with Crippen LogP contribution in [0.3, 0.4) is 0 Å². The van der Waals surface area contributed by atoms with Gasteiger partial charge in [0.2, 0.25) is 5.88 Å². The summed E-state index contributed by atoms with van der Waals surface area (Å²) in [6.07, 6.45) is 9.71. The first-order chi connectivity index (χ1) is 14.3. The highest BCUT2D eigenvalue weighted by Crippen LogP contribution is 2.19. The molecule has 1 fully saturated rings. The molecule has 5 nitrogen and oxygen atoms in total. The van der Waals surface area contributed by atoms with Crippen molar-refractivity contribution in [3.05, 3.63) is 71.9 Å². The molecule has 3 rings (SSSR count). The van der Waals surface area contributed by atoms with Gasteiger partial charge in [0.25, 0.3) is 0 Å². The van der Waals surface area contributed by atoms with E-state index in [0.717, 1.165) is 37.6 Å². The fraction of sp³-hybridized carbons (Fsp3) is 0.391. The van der Waals surface area contributed by atoms with Gasteiger partial charge in [-0.25, -0.2) is 4.98 Å². The summed E-state index contributed by atoms with van der Waals surface area (Å²) in [6.45, 7) is 5.12. The number of thiocarbonyl (C=S) groups is 1. The molecule has 0 amide bonds. The Morgan fingerprint density at radius 2 is 1.86 bits per heavy atom. The van der Waals surface area contributed by atoms with Crippen molar-refractivity contribution in [3.63, 3.8) is 0 Å². The second kappa shape index (κ2) is 12.2. The molecule has 0 radical (unpaired) electrons. The van der Waals surface area contributed by atoms with Crippen LogP contribution in [0.4, 0.5) is 0 Å². The molecule has 2 heterocycles. The van der Waals surface area contributed by atoms with E-state index in [0.29, 0.717) is 18.3 Å². The van der Waals surface area contributed by atoms with E-state index < -0.39 is 0 Å². The summed E-state index contributed by atoms with van der Waals surface area (Å²) >= 11 is 5.30. The monoisotopic (exact) mass is 410 g/mol. The van der Waals surface area contributed by atoms with Gasteiger partial charge in [-0.2, -0.15) is 0 Å². The van der Waals surface area contributed by atoms with Crippen LogP contribution >= 0.6 is 12.2 Å². The van der Waals surface area contributed by atoms with Gasteiger partial charge in [0.05, 0.1) is 0 Å². The zero-order valence-corrected chi connectivity index (χ0v) is 17.7. The lowest BCUT2D eigenvalue weighted by molar-refractivity contribution is 0.216. The third-order valence-corrected chi connectivity index (χ3v) is 5.14. The summed E-state index contributed by atoms with van der Waals surface area (Å²) in [6, 6.07) is 14.3. The first-order valence-electron chi connectivity index (χ1n) is 10.3. The molecule has 29 heavy (non-hydrogen) atoms. The van der Waals surface area contributed by atoms with E-state index in [9.17, 15) is 0 Å². The molecule has 2 N–H and O–H groups in total. The second-order valence-corrected chi connectivity index (χ2v) is 7.54. The number of nitrogens with zero attached hydrogens (tertiary/aromatic N) is 2. The maximum absolute atomic E-state index is 5.89. The van der Waals surface area contributed by atoms with E-state index in [4.69, 9.17) is 17.0 Å². The lowest BCUT2D eigenvalue weighted by Gasteiger charge is -2.26. The molecule has 0 unspecified atom stereocenters. The highest BCUT2D eigenvalue weighted by Gasteiger charge is 2.13. The first-order valence-corrected chi connectivity index (χ1v) is 10.7. The van der Waals surface area contributed by atoms with Crippen LogP contribution in [0, 0.1) is 0 Å². The Hall–Kier alpha value is -2.44. The zero-order valence-electron chi connectivity index (χ0n) is 16.8. The van der Waals surface area contributed by atoms with Gasteiger partial charge in [0.15, 0.2) is 5.11 Å². The normalized spacial score (nSPS) is 14.6. The van der Waals surface area contributed by atoms with Crippen molar-refractivity contribution in [1.82, 2.24) is 20.5 Å². The summed E-state index contributed by atoms with van der Waals surface area (Å²) in [5.41, 5.74) is 2.36. The number of rotatable bonds is 9. The van der Waals surface area contributed by atoms with E-state index in [1.807, 2.05) is 36.4 Å². The number of aromatic nitrogens is 1. The zero-order chi connectivity index (χ0) is 20.2. The first kappa shape index (κ1) is 21.3. The van der Waals surface area contributed by atoms with Gasteiger partial charge >= 0.3 is 0 Å². The van der Waals surface area contributed by atoms with Crippen molar-refractivity contribution in [2.45, 2.75) is 32.4 Å². The van der Waals surface area contributed by atoms with E-state index in [2.05, 4.69) is 38.7 Å². The molecule has 154 valence electrons. The largest absolute Gasteiger partial charge is 0.473 e. The maximum Gasteiger partial charge on any atom is 0.218 e. The number of hydrogen-bond donors (Lipinski definition) is 2. The van der Waals surface area contributed by atoms with Crippen LogP contribution in [-0.4, -0.2) is 41.2 Å². The number of hydrogen-bond acceptors (Lipinski definition) is 4. The Balaban J connectivity index is 1.34. The molecule has 0 saturated carbocycles. The molecule has 0 aliphatic carbocycles. The molecule has 0 bridgehead atoms. The van der Waals surface area contributed by atoms with E-state index in [1.54, 1.807) is 6.20 Å². The molecule has 1 saturated heterocycles. The number of benzene rings is 1. The Bertz CT molecular complexity index is 775. The van der Waals surface area contributed by atoms with Crippen LogP contribution in [-0.2, 0) is 13.1 Å². The smallest absolute Gasteiger partial charge is 0.218 e. The topological polar surface area (TPSA) is 49.4 Å². The highest BCUT2D eigenvalue weighted by molar-refractivity contribution is 7.80. The Kier molecular flexibility index (Phi) is 8.94. The van der Waals surface area contributed by atoms with Gasteiger partial charge < -0.3 is 15.4 Å². The average Bonchev–Trinajstić information content (AvgIpc) is 2.77. The molecule has 6 heteroatoms. The van der Waals surface area contributed by atoms with Crippen LogP contribution in [0.2, 0.25) is 0 Å². The lowest BCUT2D eigenvalue weighted by Crippen LogP contribution is -2.34. The predicted octanol–water partition coefficient (Wildman–Crippen LogP) is 3.67. The number of pyridine rings is 1. The van der Waals surface area contributed by atoms with E-state index in [1.165, 1.54) is 24.8 Å². The molecule has 1 aromatic heterocycles. The van der Waals surface area contributed by atoms with Crippen molar-refractivity contribution in [2.75, 3.05) is 26.2 Å². The number of piperidine rings is 1. The standard InChI is InChI=1S/C23H30N4OS/c29-23(26-18-20-10-3-1-4-11-20)25-13-5-8-17-28-22-21(12-9-14-24-22)19-27-15-6-2-7-16-27/h1,3-5,8-12,14H,2,6-7,13,15-19H2,(H2,25,26,29)/b8-5-. The molecular weight excluding hydrogens is 380 g/mol. The summed E-state index contributed by atoms with van der Waals surface area (Å²) in [4.78, 5) is 6.90. The van der Waals surface area contributed by atoms with Crippen LogP contribution in [0.5, 0.6) is 5.88 Å². The fourth-order valence-electron chi connectivity index (χ4n) is 3.30. The third kappa shape index (κ3) is 7.83. The van der Waals surface area contributed by atoms with E-state index in [-0.39, 0.29) is 0 Å². The second-order valence-electron chi connectivity index (χ2n) is 7.14. The molecule has 0 atom stereocenters. The van der Waals surface area contributed by atoms with Crippen LogP contribution in [0.1, 0.15) is 30.4 Å². The van der Waals surface area contributed by atoms with Gasteiger partial charge in [0, 0.05) is 31.4 Å². The third-order valence-electron chi connectivity index (χ3n) is 4.85. The highest BCUT2D eigenvalue weighted by atomic mass is 32.1. The van der Waals surface area contributed by atoms with Crippen LogP contribution < -0.4 is 15.4 Å². The van der Waals surface area contributed by atoms with Crippen molar-refractivity contribution >= 4 is 17.3 Å². The Labute approximate surface area is 179 Å². The molecular formula is C23H30N4OS. The average molecular weight is 411 g/mol. The quantitative estimate of drug-likeness (QED) is 0.486. The SMILES string of the molecule is S=C(NC/C=C\COc1ncccc1CN1CCCCC1)NCc1ccccc1. The lowest BCUT2D eigenvalue weighted by atomic mass is 10.1. The summed E-state index contributed by atoms with van der Waals surface area (Å²) in [5.74, 6) is 0.732. The Morgan fingerprint density at radius 3 is 2.69 bits per heavy atom. The van der Waals surface area contributed by atoms with Crippen molar-refractivity contribution in [3.8, 4) is 5.88 Å². The molecule has 1 aromatic carbocycles. The van der Waals surface area contributed by atoms with Crippen molar-refractivity contribution < 1.29 is 4.74 Å². The molecule has 2 aromatic rings. The van der Waals surface area contributed by atoms with Gasteiger partial charge in [-0.15, -0.1) is 0 Å². The van der Waals surface area contributed by atoms with Crippen molar-refractivity contribution in [2.24, 2.45) is 0 Å². The fourth-order valence-corrected chi connectivity index (χ4v) is 3.46. The summed E-state index contributed by atoms with van der Waals surface area (Å²) in [5, 5.41) is 7.02. The predicted molar refractivity (Wildman–Crippen MR) is 122 cm³/mol. The van der Waals surface area contributed by atoms with Gasteiger partial charge in [-0.1, -0.05) is 48.9 Å². The van der Waals surface area contributed by atoms with Gasteiger partial charge in [0.1, 0.15) is 6.61 Å². The molecule has 0 spiro atoms. The Morgan fingerprint density at radius 1 is 1.03 bits per heavy atom. The summed E-state index contributed by atoms with van der Waals surface area (Å²) < 4.78 is 5.89. The maximum atomic E-state index is 5.89. The molecule has 1 aliphatic heterocycles. The van der Waals surface area contributed by atoms with Crippen LogP contribution in [0.25, 0.3) is 0 Å². The number of likely N-dealkylation sites (tertiary alicyclic amines) is 1. The minimum atomic E-state index is 0.496. The van der Waals surface area contributed by atoms with E-state index >= 15 is 0 Å². The molecule has 1 aliphatic rings. The van der Waals surface area contributed by atoms with Crippen molar-refractivity contribution in [1.29, 1.82) is 0 Å². The van der Waals surface area contributed by atoms with Gasteiger partial charge in [-0.05, 0) is 55.9 Å². The number of nitrogens with one attached hydrogen (secondary N) is 2. The van der Waals surface area contributed by atoms with Crippen LogP contribution in [0.15, 0.2) is 60.8 Å². The minimum absolute atomic E-state index is 0.496.